The van der Waals surface area contributed by atoms with Gasteiger partial charge in [0.25, 0.3) is 6.43 Å². The van der Waals surface area contributed by atoms with Crippen molar-refractivity contribution >= 4 is 15.9 Å². The highest BCUT2D eigenvalue weighted by atomic mass is 79.9. The van der Waals surface area contributed by atoms with Gasteiger partial charge in [0.05, 0.1) is 12.4 Å². The Hall–Kier alpha value is -1.50. The maximum Gasteiger partial charge on any atom is 0.272 e. The quantitative estimate of drug-likeness (QED) is 0.872. The van der Waals surface area contributed by atoms with Crippen LogP contribution >= 0.6 is 15.9 Å². The third-order valence-electron chi connectivity index (χ3n) is 1.88. The molecule has 2 rings (SSSR count). The molecule has 0 atom stereocenters. The minimum absolute atomic E-state index is 0.287. The molecule has 4 nitrogen and oxygen atoms in total. The number of halogens is 3. The second-order valence-electron chi connectivity index (χ2n) is 3.16. The minimum Gasteiger partial charge on any atom is -0.484 e. The molecule has 0 unspecified atom stereocenters. The second kappa shape index (κ2) is 5.22. The summed E-state index contributed by atoms with van der Waals surface area (Å²) < 4.78 is 31.0. The van der Waals surface area contributed by atoms with Crippen LogP contribution < -0.4 is 4.74 Å². The zero-order valence-electron chi connectivity index (χ0n) is 8.55. The van der Waals surface area contributed by atoms with Crippen molar-refractivity contribution in [2.24, 2.45) is 0 Å². The standard InChI is InChI=1S/C10H8BrF2N3O/c11-7-1-2-10(14-3-7)16-5-8(4-15-16)17-6-9(12)13/h1-5,9H,6H2. The van der Waals surface area contributed by atoms with E-state index in [-0.39, 0.29) is 5.75 Å². The van der Waals surface area contributed by atoms with E-state index in [0.717, 1.165) is 4.47 Å². The van der Waals surface area contributed by atoms with Crippen molar-refractivity contribution in [3.63, 3.8) is 0 Å². The van der Waals surface area contributed by atoms with Gasteiger partial charge in [-0.2, -0.15) is 5.10 Å². The van der Waals surface area contributed by atoms with Crippen LogP contribution in [0.1, 0.15) is 0 Å². The summed E-state index contributed by atoms with van der Waals surface area (Å²) in [6.07, 6.45) is 1.99. The van der Waals surface area contributed by atoms with Crippen LogP contribution in [0, 0.1) is 0 Å². The molecule has 0 saturated heterocycles. The summed E-state index contributed by atoms with van der Waals surface area (Å²) in [5.74, 6) is 0.870. The molecule has 0 saturated carbocycles. The van der Waals surface area contributed by atoms with Crippen molar-refractivity contribution in [2.45, 2.75) is 6.43 Å². The molecule has 0 aliphatic carbocycles. The van der Waals surface area contributed by atoms with Gasteiger partial charge in [-0.25, -0.2) is 18.4 Å². The molecule has 2 aromatic rings. The number of alkyl halides is 2. The zero-order valence-corrected chi connectivity index (χ0v) is 10.1. The molecule has 2 aromatic heterocycles. The number of aromatic nitrogens is 3. The van der Waals surface area contributed by atoms with Crippen LogP contribution in [0.3, 0.4) is 0 Å². The molecule has 2 heterocycles. The van der Waals surface area contributed by atoms with Gasteiger partial charge >= 0.3 is 0 Å². The van der Waals surface area contributed by atoms with E-state index in [1.165, 1.54) is 17.1 Å². The molecule has 0 spiro atoms. The lowest BCUT2D eigenvalue weighted by Gasteiger charge is -2.01. The summed E-state index contributed by atoms with van der Waals surface area (Å²) in [7, 11) is 0. The van der Waals surface area contributed by atoms with E-state index < -0.39 is 13.0 Å². The van der Waals surface area contributed by atoms with Crippen LogP contribution in [0.4, 0.5) is 8.78 Å². The number of pyridine rings is 1. The maximum atomic E-state index is 11.9. The first-order chi connectivity index (χ1) is 8.15. The maximum absolute atomic E-state index is 11.9. The third kappa shape index (κ3) is 3.23. The molecule has 0 N–H and O–H groups in total. The van der Waals surface area contributed by atoms with E-state index in [1.807, 2.05) is 6.07 Å². The fourth-order valence-electron chi connectivity index (χ4n) is 1.17. The van der Waals surface area contributed by atoms with Gasteiger partial charge in [-0.3, -0.25) is 0 Å². The smallest absolute Gasteiger partial charge is 0.272 e. The fourth-order valence-corrected chi connectivity index (χ4v) is 1.40. The van der Waals surface area contributed by atoms with Crippen LogP contribution in [-0.4, -0.2) is 27.8 Å². The molecular weight excluding hydrogens is 296 g/mol. The van der Waals surface area contributed by atoms with E-state index in [0.29, 0.717) is 5.82 Å². The van der Waals surface area contributed by atoms with Crippen molar-refractivity contribution < 1.29 is 13.5 Å². The number of hydrogen-bond donors (Lipinski definition) is 0. The summed E-state index contributed by atoms with van der Waals surface area (Å²) in [5, 5.41) is 3.96. The Morgan fingerprint density at radius 1 is 1.35 bits per heavy atom. The summed E-state index contributed by atoms with van der Waals surface area (Å²) >= 11 is 3.26. The Balaban J connectivity index is 2.10. The van der Waals surface area contributed by atoms with Crippen molar-refractivity contribution in [1.29, 1.82) is 0 Å². The van der Waals surface area contributed by atoms with Crippen LogP contribution in [-0.2, 0) is 0 Å². The van der Waals surface area contributed by atoms with Crippen molar-refractivity contribution in [3.05, 3.63) is 35.2 Å². The van der Waals surface area contributed by atoms with Crippen LogP contribution in [0.25, 0.3) is 5.82 Å². The van der Waals surface area contributed by atoms with Gasteiger partial charge in [-0.15, -0.1) is 0 Å². The number of ether oxygens (including phenoxy) is 1. The first-order valence-corrected chi connectivity index (χ1v) is 5.52. The highest BCUT2D eigenvalue weighted by molar-refractivity contribution is 9.10. The SMILES string of the molecule is FC(F)COc1cnn(-c2ccc(Br)cn2)c1. The molecule has 0 radical (unpaired) electrons. The van der Waals surface area contributed by atoms with Crippen molar-refractivity contribution in [2.75, 3.05) is 6.61 Å². The predicted molar refractivity (Wildman–Crippen MR) is 60.6 cm³/mol. The first-order valence-electron chi connectivity index (χ1n) is 4.72. The highest BCUT2D eigenvalue weighted by Crippen LogP contribution is 2.14. The largest absolute Gasteiger partial charge is 0.484 e. The van der Waals surface area contributed by atoms with E-state index >= 15 is 0 Å². The Bertz CT molecular complexity index is 487. The topological polar surface area (TPSA) is 39.9 Å². The lowest BCUT2D eigenvalue weighted by Crippen LogP contribution is -2.06. The number of rotatable bonds is 4. The molecule has 7 heteroatoms. The molecule has 0 aliphatic heterocycles. The van der Waals surface area contributed by atoms with Crippen LogP contribution in [0.15, 0.2) is 35.2 Å². The molecule has 0 bridgehead atoms. The highest BCUT2D eigenvalue weighted by Gasteiger charge is 2.06. The predicted octanol–water partition coefficient (Wildman–Crippen LogP) is 2.67. The molecule has 90 valence electrons. The van der Waals surface area contributed by atoms with Crippen molar-refractivity contribution in [1.82, 2.24) is 14.8 Å². The average Bonchev–Trinajstić information content (AvgIpc) is 2.76. The molecule has 0 aromatic carbocycles. The van der Waals surface area contributed by atoms with Gasteiger partial charge in [-0.1, -0.05) is 0 Å². The third-order valence-corrected chi connectivity index (χ3v) is 2.35. The van der Waals surface area contributed by atoms with Gasteiger partial charge in [0, 0.05) is 10.7 Å². The average molecular weight is 304 g/mol. The lowest BCUT2D eigenvalue weighted by atomic mass is 10.5. The fraction of sp³-hybridized carbons (Fsp3) is 0.200. The lowest BCUT2D eigenvalue weighted by molar-refractivity contribution is 0.0819. The molecule has 0 aliphatic rings. The summed E-state index contributed by atoms with van der Waals surface area (Å²) in [6.45, 7) is -0.639. The summed E-state index contributed by atoms with van der Waals surface area (Å²) in [5.41, 5.74) is 0. The second-order valence-corrected chi connectivity index (χ2v) is 4.07. The van der Waals surface area contributed by atoms with E-state index in [4.69, 9.17) is 4.74 Å². The molecule has 17 heavy (non-hydrogen) atoms. The van der Waals surface area contributed by atoms with Crippen LogP contribution in [0.5, 0.6) is 5.75 Å². The zero-order chi connectivity index (χ0) is 12.3. The van der Waals surface area contributed by atoms with E-state index in [1.54, 1.807) is 12.3 Å². The minimum atomic E-state index is -2.50. The molecule has 0 fully saturated rings. The monoisotopic (exact) mass is 303 g/mol. The molecular formula is C10H8BrF2N3O. The van der Waals surface area contributed by atoms with Gasteiger partial charge in [-0.05, 0) is 28.1 Å². The number of nitrogens with zero attached hydrogens (tertiary/aromatic N) is 3. The van der Waals surface area contributed by atoms with Gasteiger partial charge in [0.15, 0.2) is 11.6 Å². The Morgan fingerprint density at radius 3 is 2.82 bits per heavy atom. The number of hydrogen-bond acceptors (Lipinski definition) is 3. The summed E-state index contributed by atoms with van der Waals surface area (Å²) in [6, 6.07) is 3.55. The van der Waals surface area contributed by atoms with Gasteiger partial charge < -0.3 is 4.74 Å². The summed E-state index contributed by atoms with van der Waals surface area (Å²) in [4.78, 5) is 4.11. The normalized spacial score (nSPS) is 10.8. The van der Waals surface area contributed by atoms with Crippen LogP contribution in [0.2, 0.25) is 0 Å². The van der Waals surface area contributed by atoms with Gasteiger partial charge in [0.1, 0.15) is 6.61 Å². The Labute approximate surface area is 104 Å². The van der Waals surface area contributed by atoms with E-state index in [2.05, 4.69) is 26.0 Å². The van der Waals surface area contributed by atoms with Crippen molar-refractivity contribution in [3.8, 4) is 11.6 Å². The first kappa shape index (κ1) is 12.0. The molecule has 0 amide bonds. The van der Waals surface area contributed by atoms with Gasteiger partial charge in [0.2, 0.25) is 0 Å². The van der Waals surface area contributed by atoms with E-state index in [9.17, 15) is 8.78 Å². The Morgan fingerprint density at radius 2 is 2.18 bits per heavy atom. The Kier molecular flexibility index (Phi) is 3.68.